The number of aromatic carboxylic acids is 1. The van der Waals surface area contributed by atoms with E-state index in [4.69, 9.17) is 14.6 Å². The zero-order valence-corrected chi connectivity index (χ0v) is 19.8. The highest BCUT2D eigenvalue weighted by Gasteiger charge is 2.43. The Balaban J connectivity index is 1.45. The van der Waals surface area contributed by atoms with E-state index in [0.717, 1.165) is 23.6 Å². The normalized spacial score (nSPS) is 19.2. The summed E-state index contributed by atoms with van der Waals surface area (Å²) in [4.78, 5) is 29.3. The Kier molecular flexibility index (Phi) is 7.83. The third-order valence-corrected chi connectivity index (χ3v) is 7.22. The van der Waals surface area contributed by atoms with Crippen LogP contribution in [0, 0.1) is 5.92 Å². The predicted octanol–water partition coefficient (Wildman–Crippen LogP) is 4.66. The lowest BCUT2D eigenvalue weighted by Gasteiger charge is -2.36. The van der Waals surface area contributed by atoms with Gasteiger partial charge < -0.3 is 19.9 Å². The molecule has 1 aromatic heterocycles. The lowest BCUT2D eigenvalue weighted by atomic mass is 9.75. The fraction of sp³-hybridized carbons (Fsp3) is 0.519. The van der Waals surface area contributed by atoms with Crippen molar-refractivity contribution >= 4 is 11.9 Å². The highest BCUT2D eigenvalue weighted by molar-refractivity contribution is 5.89. The summed E-state index contributed by atoms with van der Waals surface area (Å²) >= 11 is 0. The topological polar surface area (TPSA) is 97.8 Å². The number of carbonyl (C=O) groups excluding carboxylic acids is 1. The summed E-state index contributed by atoms with van der Waals surface area (Å²) < 4.78 is 11.6. The van der Waals surface area contributed by atoms with Crippen molar-refractivity contribution in [3.63, 3.8) is 0 Å². The van der Waals surface area contributed by atoms with Crippen molar-refractivity contribution in [2.75, 3.05) is 19.8 Å². The van der Waals surface area contributed by atoms with E-state index in [1.165, 1.54) is 32.1 Å². The summed E-state index contributed by atoms with van der Waals surface area (Å²) in [6, 6.07) is 10.1. The number of nitrogens with zero attached hydrogens (tertiary/aromatic N) is 1. The van der Waals surface area contributed by atoms with E-state index < -0.39 is 11.4 Å². The highest BCUT2D eigenvalue weighted by Crippen LogP contribution is 2.35. The van der Waals surface area contributed by atoms with Crippen LogP contribution in [-0.4, -0.2) is 41.8 Å². The molecule has 2 N–H and O–H groups in total. The lowest BCUT2D eigenvalue weighted by molar-refractivity contribution is -0.131. The van der Waals surface area contributed by atoms with Crippen LogP contribution in [0.2, 0.25) is 0 Å². The molecule has 0 bridgehead atoms. The van der Waals surface area contributed by atoms with Crippen molar-refractivity contribution in [2.24, 2.45) is 5.92 Å². The number of hydrogen-bond acceptors (Lipinski definition) is 5. The van der Waals surface area contributed by atoms with Gasteiger partial charge in [0.25, 0.3) is 0 Å². The van der Waals surface area contributed by atoms with Gasteiger partial charge in [-0.25, -0.2) is 4.79 Å². The molecular formula is C27H34N2O5. The Morgan fingerprint density at radius 3 is 2.44 bits per heavy atom. The Morgan fingerprint density at radius 2 is 1.82 bits per heavy atom. The van der Waals surface area contributed by atoms with Gasteiger partial charge in [0.15, 0.2) is 0 Å². The molecule has 1 aliphatic carbocycles. The van der Waals surface area contributed by atoms with Crippen molar-refractivity contribution in [3.8, 4) is 5.75 Å². The van der Waals surface area contributed by atoms with Gasteiger partial charge >= 0.3 is 5.97 Å². The molecule has 4 rings (SSSR count). The fourth-order valence-corrected chi connectivity index (χ4v) is 4.97. The van der Waals surface area contributed by atoms with Gasteiger partial charge in [-0.1, -0.05) is 31.4 Å². The van der Waals surface area contributed by atoms with Crippen LogP contribution in [0.25, 0.3) is 0 Å². The maximum absolute atomic E-state index is 13.6. The molecule has 0 radical (unpaired) electrons. The van der Waals surface area contributed by atoms with Gasteiger partial charge in [0.05, 0.1) is 35.5 Å². The number of hydrogen-bond donors (Lipinski definition) is 2. The smallest absolute Gasteiger partial charge is 0.335 e. The number of rotatable bonds is 8. The number of carbonyl (C=O) groups is 2. The first-order chi connectivity index (χ1) is 16.5. The first-order valence-electron chi connectivity index (χ1n) is 12.3. The average molecular weight is 467 g/mol. The minimum Gasteiger partial charge on any atom is -0.492 e. The number of aromatic nitrogens is 1. The first kappa shape index (κ1) is 24.2. The minimum atomic E-state index is -0.971. The molecule has 1 saturated carbocycles. The quantitative estimate of drug-likeness (QED) is 0.587. The SMILES string of the molecule is CC(NC(=O)C1(c2ccc(OCC3CCCCC3)cn2)CCOCC1)c1ccc(C(=O)O)cc1. The molecule has 1 unspecified atom stereocenters. The second kappa shape index (κ2) is 11.0. The summed E-state index contributed by atoms with van der Waals surface area (Å²) in [7, 11) is 0. The summed E-state index contributed by atoms with van der Waals surface area (Å²) in [6.45, 7) is 3.61. The van der Waals surface area contributed by atoms with Crippen LogP contribution in [0.5, 0.6) is 5.75 Å². The number of nitrogens with one attached hydrogen (secondary N) is 1. The van der Waals surface area contributed by atoms with Gasteiger partial charge in [-0.3, -0.25) is 9.78 Å². The molecule has 1 aliphatic heterocycles. The molecule has 2 heterocycles. The van der Waals surface area contributed by atoms with Gasteiger partial charge in [-0.2, -0.15) is 0 Å². The average Bonchev–Trinajstić information content (AvgIpc) is 2.88. The molecule has 2 aliphatic rings. The maximum Gasteiger partial charge on any atom is 0.335 e. The molecule has 1 amide bonds. The van der Waals surface area contributed by atoms with Crippen LogP contribution in [0.3, 0.4) is 0 Å². The van der Waals surface area contributed by atoms with Gasteiger partial charge in [0.1, 0.15) is 5.75 Å². The largest absolute Gasteiger partial charge is 0.492 e. The minimum absolute atomic E-state index is 0.0889. The van der Waals surface area contributed by atoms with Crippen LogP contribution < -0.4 is 10.1 Å². The van der Waals surface area contributed by atoms with Crippen LogP contribution in [0.4, 0.5) is 0 Å². The second-order valence-electron chi connectivity index (χ2n) is 9.51. The van der Waals surface area contributed by atoms with Crippen molar-refractivity contribution in [1.29, 1.82) is 0 Å². The van der Waals surface area contributed by atoms with Crippen LogP contribution in [0.1, 0.15) is 79.5 Å². The molecule has 7 nitrogen and oxygen atoms in total. The molecule has 182 valence electrons. The van der Waals surface area contributed by atoms with Crippen LogP contribution in [-0.2, 0) is 14.9 Å². The van der Waals surface area contributed by atoms with Gasteiger partial charge in [0, 0.05) is 13.2 Å². The molecule has 0 spiro atoms. The van der Waals surface area contributed by atoms with Gasteiger partial charge in [-0.05, 0) is 68.4 Å². The van der Waals surface area contributed by atoms with E-state index in [9.17, 15) is 9.59 Å². The van der Waals surface area contributed by atoms with Crippen molar-refractivity contribution in [3.05, 3.63) is 59.4 Å². The zero-order valence-electron chi connectivity index (χ0n) is 19.8. The molecule has 1 atom stereocenters. The molecular weight excluding hydrogens is 432 g/mol. The monoisotopic (exact) mass is 466 g/mol. The molecule has 1 saturated heterocycles. The van der Waals surface area contributed by atoms with Crippen LogP contribution >= 0.6 is 0 Å². The Bertz CT molecular complexity index is 962. The van der Waals surface area contributed by atoms with Crippen molar-refractivity contribution < 1.29 is 24.2 Å². The maximum atomic E-state index is 13.6. The first-order valence-corrected chi connectivity index (χ1v) is 12.3. The summed E-state index contributed by atoms with van der Waals surface area (Å²) in [6.07, 6.45) is 9.19. The Morgan fingerprint density at radius 1 is 1.12 bits per heavy atom. The number of carboxylic acid groups (broad SMARTS) is 1. The van der Waals surface area contributed by atoms with E-state index in [1.807, 2.05) is 19.1 Å². The number of carboxylic acids is 1. The molecule has 2 fully saturated rings. The molecule has 1 aromatic carbocycles. The van der Waals surface area contributed by atoms with Gasteiger partial charge in [-0.15, -0.1) is 0 Å². The van der Waals surface area contributed by atoms with Crippen molar-refractivity contribution in [2.45, 2.75) is 63.3 Å². The third-order valence-electron chi connectivity index (χ3n) is 7.22. The number of pyridine rings is 1. The van der Waals surface area contributed by atoms with E-state index in [1.54, 1.807) is 30.5 Å². The summed E-state index contributed by atoms with van der Waals surface area (Å²) in [5, 5.41) is 12.2. The molecule has 7 heteroatoms. The third kappa shape index (κ3) is 5.58. The predicted molar refractivity (Wildman–Crippen MR) is 128 cm³/mol. The second-order valence-corrected chi connectivity index (χ2v) is 9.51. The van der Waals surface area contributed by atoms with E-state index in [2.05, 4.69) is 10.3 Å². The fourth-order valence-electron chi connectivity index (χ4n) is 4.97. The number of benzene rings is 1. The highest BCUT2D eigenvalue weighted by atomic mass is 16.5. The van der Waals surface area contributed by atoms with E-state index in [-0.39, 0.29) is 17.5 Å². The van der Waals surface area contributed by atoms with Crippen LogP contribution in [0.15, 0.2) is 42.6 Å². The van der Waals surface area contributed by atoms with Crippen molar-refractivity contribution in [1.82, 2.24) is 10.3 Å². The Labute approximate surface area is 200 Å². The zero-order chi connectivity index (χ0) is 24.0. The summed E-state index contributed by atoms with van der Waals surface area (Å²) in [5.74, 6) is 0.298. The van der Waals surface area contributed by atoms with Gasteiger partial charge in [0.2, 0.25) is 5.91 Å². The lowest BCUT2D eigenvalue weighted by Crippen LogP contribution is -2.49. The number of ether oxygens (including phenoxy) is 2. The summed E-state index contributed by atoms with van der Waals surface area (Å²) in [5.41, 5.74) is 1.03. The van der Waals surface area contributed by atoms with E-state index in [0.29, 0.717) is 32.0 Å². The standard InChI is InChI=1S/C27H34N2O5/c1-19(21-7-9-22(10-8-21)25(30)31)29-26(32)27(13-15-33-16-14-27)24-12-11-23(17-28-24)34-18-20-5-3-2-4-6-20/h7-12,17,19-20H,2-6,13-16,18H2,1H3,(H,29,32)(H,30,31). The van der Waals surface area contributed by atoms with E-state index >= 15 is 0 Å². The number of amides is 1. The Hall–Kier alpha value is -2.93. The molecule has 2 aromatic rings. The molecule has 34 heavy (non-hydrogen) atoms.